The van der Waals surface area contributed by atoms with Gasteiger partial charge in [-0.25, -0.2) is 8.42 Å². The number of benzene rings is 1. The summed E-state index contributed by atoms with van der Waals surface area (Å²) in [5, 5.41) is 0.740. The van der Waals surface area contributed by atoms with E-state index in [1.807, 2.05) is 18.2 Å². The first-order chi connectivity index (χ1) is 12.2. The zero-order valence-electron chi connectivity index (χ0n) is 15.4. The fourth-order valence-electron chi connectivity index (χ4n) is 3.79. The van der Waals surface area contributed by atoms with Gasteiger partial charge in [-0.2, -0.15) is 0 Å². The molecule has 0 unspecified atom stereocenters. The minimum atomic E-state index is -2.97. The van der Waals surface area contributed by atoms with E-state index < -0.39 is 9.84 Å². The Morgan fingerprint density at radius 1 is 1.35 bits per heavy atom. The van der Waals surface area contributed by atoms with E-state index in [1.165, 1.54) is 10.5 Å². The Hall–Kier alpha value is -1.31. The molecule has 0 radical (unpaired) electrons. The Morgan fingerprint density at radius 2 is 2.04 bits per heavy atom. The number of carbonyl (C=O) groups is 1. The van der Waals surface area contributed by atoms with Gasteiger partial charge >= 0.3 is 0 Å². The third-order valence-corrected chi connectivity index (χ3v) is 7.52. The molecule has 3 rings (SSSR count). The van der Waals surface area contributed by atoms with E-state index in [1.54, 1.807) is 11.9 Å². The molecule has 2 heterocycles. The quantitative estimate of drug-likeness (QED) is 0.772. The normalized spacial score (nSPS) is 23.2. The average Bonchev–Trinajstić information content (AvgIpc) is 2.97. The first-order valence-corrected chi connectivity index (χ1v) is 11.3. The molecule has 2 aliphatic heterocycles. The Balaban J connectivity index is 1.52. The topological polar surface area (TPSA) is 62.1 Å². The molecule has 2 saturated heterocycles. The minimum absolute atomic E-state index is 0.0366. The molecule has 0 bridgehead atoms. The van der Waals surface area contributed by atoms with Crippen LogP contribution in [-0.4, -0.2) is 76.5 Å². The van der Waals surface area contributed by atoms with Gasteiger partial charge in [-0.05, 0) is 31.0 Å². The number of piperazine rings is 1. The van der Waals surface area contributed by atoms with E-state index in [2.05, 4.69) is 11.8 Å². The standard InChI is InChI=1S/C18H26ClN3O3S/c1-14-3-4-15(19)11-17(14)22-8-6-21(7-9-22)12-18(23)20(2)16-5-10-26(24,25)13-16/h3-4,11,16H,5-10,12-13H2,1-2H3/p+1/t16-/m0/s1. The molecule has 2 aliphatic rings. The van der Waals surface area contributed by atoms with E-state index in [4.69, 9.17) is 11.6 Å². The summed E-state index contributed by atoms with van der Waals surface area (Å²) in [6.45, 7) is 6.04. The maximum absolute atomic E-state index is 12.5. The second-order valence-electron chi connectivity index (χ2n) is 7.41. The molecular formula is C18H27ClN3O3S+. The Labute approximate surface area is 160 Å². The largest absolute Gasteiger partial charge is 0.360 e. The van der Waals surface area contributed by atoms with Crippen LogP contribution >= 0.6 is 11.6 Å². The van der Waals surface area contributed by atoms with Crippen LogP contribution in [0.2, 0.25) is 5.02 Å². The summed E-state index contributed by atoms with van der Waals surface area (Å²) in [6.07, 6.45) is 0.557. The van der Waals surface area contributed by atoms with Crippen molar-refractivity contribution in [1.29, 1.82) is 0 Å². The molecule has 8 heteroatoms. The number of carbonyl (C=O) groups excluding carboxylic acids is 1. The highest BCUT2D eigenvalue weighted by molar-refractivity contribution is 7.91. The van der Waals surface area contributed by atoms with Crippen molar-refractivity contribution in [2.45, 2.75) is 19.4 Å². The van der Waals surface area contributed by atoms with Crippen molar-refractivity contribution in [3.63, 3.8) is 0 Å². The number of likely N-dealkylation sites (N-methyl/N-ethyl adjacent to an activating group) is 1. The van der Waals surface area contributed by atoms with Crippen LogP contribution in [0, 0.1) is 6.92 Å². The van der Waals surface area contributed by atoms with Gasteiger partial charge in [0.15, 0.2) is 16.4 Å². The number of anilines is 1. The lowest BCUT2D eigenvalue weighted by Gasteiger charge is -2.35. The van der Waals surface area contributed by atoms with Gasteiger partial charge in [-0.3, -0.25) is 4.79 Å². The van der Waals surface area contributed by atoms with Crippen LogP contribution in [0.1, 0.15) is 12.0 Å². The molecule has 1 aromatic carbocycles. The summed E-state index contributed by atoms with van der Waals surface area (Å²) < 4.78 is 23.2. The number of quaternary nitrogens is 1. The molecule has 26 heavy (non-hydrogen) atoms. The molecule has 2 fully saturated rings. The molecule has 1 N–H and O–H groups in total. The predicted molar refractivity (Wildman–Crippen MR) is 104 cm³/mol. The molecule has 0 aliphatic carbocycles. The second kappa shape index (κ2) is 7.74. The predicted octanol–water partition coefficient (Wildman–Crippen LogP) is -0.00118. The Bertz CT molecular complexity index is 776. The molecule has 144 valence electrons. The van der Waals surface area contributed by atoms with E-state index in [0.717, 1.165) is 36.9 Å². The number of rotatable bonds is 4. The second-order valence-corrected chi connectivity index (χ2v) is 10.1. The third-order valence-electron chi connectivity index (χ3n) is 5.53. The highest BCUT2D eigenvalue weighted by atomic mass is 35.5. The minimum Gasteiger partial charge on any atom is -0.360 e. The van der Waals surface area contributed by atoms with Crippen LogP contribution in [0.25, 0.3) is 0 Å². The van der Waals surface area contributed by atoms with Crippen LogP contribution in [0.4, 0.5) is 5.69 Å². The van der Waals surface area contributed by atoms with Gasteiger partial charge in [-0.15, -0.1) is 0 Å². The molecule has 0 spiro atoms. The third kappa shape index (κ3) is 4.50. The fourth-order valence-corrected chi connectivity index (χ4v) is 5.73. The van der Waals surface area contributed by atoms with Crippen molar-refractivity contribution >= 4 is 33.0 Å². The molecule has 1 atom stereocenters. The van der Waals surface area contributed by atoms with Gasteiger partial charge in [0.25, 0.3) is 5.91 Å². The molecule has 1 aromatic rings. The average molecular weight is 401 g/mol. The van der Waals surface area contributed by atoms with Crippen LogP contribution in [-0.2, 0) is 14.6 Å². The molecule has 1 amide bonds. The van der Waals surface area contributed by atoms with Gasteiger partial charge in [0.1, 0.15) is 0 Å². The summed E-state index contributed by atoms with van der Waals surface area (Å²) in [6, 6.07) is 5.77. The van der Waals surface area contributed by atoms with Crippen molar-refractivity contribution < 1.29 is 18.1 Å². The molecule has 0 aromatic heterocycles. The van der Waals surface area contributed by atoms with Crippen LogP contribution < -0.4 is 9.80 Å². The van der Waals surface area contributed by atoms with Crippen LogP contribution in [0.15, 0.2) is 18.2 Å². The number of hydrogen-bond donors (Lipinski definition) is 1. The molecule has 0 saturated carbocycles. The van der Waals surface area contributed by atoms with E-state index in [0.29, 0.717) is 13.0 Å². The van der Waals surface area contributed by atoms with Crippen LogP contribution in [0.3, 0.4) is 0 Å². The van der Waals surface area contributed by atoms with Gasteiger partial charge in [-0.1, -0.05) is 17.7 Å². The van der Waals surface area contributed by atoms with E-state index in [9.17, 15) is 13.2 Å². The molecular weight excluding hydrogens is 374 g/mol. The van der Waals surface area contributed by atoms with Crippen molar-refractivity contribution in [2.75, 3.05) is 56.2 Å². The maximum Gasteiger partial charge on any atom is 0.277 e. The van der Waals surface area contributed by atoms with Gasteiger partial charge in [0, 0.05) is 23.8 Å². The zero-order chi connectivity index (χ0) is 18.9. The monoisotopic (exact) mass is 400 g/mol. The number of nitrogens with one attached hydrogen (secondary N) is 1. The van der Waals surface area contributed by atoms with Crippen molar-refractivity contribution in [3.8, 4) is 0 Å². The number of halogens is 1. The van der Waals surface area contributed by atoms with Crippen LogP contribution in [0.5, 0.6) is 0 Å². The van der Waals surface area contributed by atoms with Crippen molar-refractivity contribution in [1.82, 2.24) is 4.90 Å². The summed E-state index contributed by atoms with van der Waals surface area (Å²) in [4.78, 5) is 17.8. The van der Waals surface area contributed by atoms with Crippen molar-refractivity contribution in [3.05, 3.63) is 28.8 Å². The van der Waals surface area contributed by atoms with Gasteiger partial charge in [0.05, 0.1) is 37.7 Å². The summed E-state index contributed by atoms with van der Waals surface area (Å²) in [5.41, 5.74) is 2.37. The Morgan fingerprint density at radius 3 is 2.65 bits per heavy atom. The summed E-state index contributed by atoms with van der Waals surface area (Å²) in [5.74, 6) is 0.334. The number of amides is 1. The summed E-state index contributed by atoms with van der Waals surface area (Å²) >= 11 is 6.13. The first kappa shape index (κ1) is 19.5. The van der Waals surface area contributed by atoms with E-state index >= 15 is 0 Å². The number of aryl methyl sites for hydroxylation is 1. The lowest BCUT2D eigenvalue weighted by Crippen LogP contribution is -3.16. The SMILES string of the molecule is Cc1ccc(Cl)cc1N1CC[NH+](CC(=O)N(C)[C@H]2CCS(=O)(=O)C2)CC1. The van der Waals surface area contributed by atoms with Crippen molar-refractivity contribution in [2.24, 2.45) is 0 Å². The Kier molecular flexibility index (Phi) is 5.79. The highest BCUT2D eigenvalue weighted by Gasteiger charge is 2.34. The van der Waals surface area contributed by atoms with Gasteiger partial charge < -0.3 is 14.7 Å². The smallest absolute Gasteiger partial charge is 0.277 e. The molecule has 6 nitrogen and oxygen atoms in total. The summed E-state index contributed by atoms with van der Waals surface area (Å²) in [7, 11) is -1.24. The van der Waals surface area contributed by atoms with Gasteiger partial charge in [0.2, 0.25) is 0 Å². The highest BCUT2D eigenvalue weighted by Crippen LogP contribution is 2.24. The lowest BCUT2D eigenvalue weighted by molar-refractivity contribution is -0.892. The number of sulfone groups is 1. The maximum atomic E-state index is 12.5. The fraction of sp³-hybridized carbons (Fsp3) is 0.611. The van der Waals surface area contributed by atoms with E-state index in [-0.39, 0.29) is 23.5 Å². The first-order valence-electron chi connectivity index (χ1n) is 9.06. The zero-order valence-corrected chi connectivity index (χ0v) is 16.9. The number of nitrogens with zero attached hydrogens (tertiary/aromatic N) is 2. The number of hydrogen-bond acceptors (Lipinski definition) is 4. The lowest BCUT2D eigenvalue weighted by atomic mass is 10.1.